The first-order valence-corrected chi connectivity index (χ1v) is 15.8. The van der Waals surface area contributed by atoms with E-state index in [0.29, 0.717) is 0 Å². The van der Waals surface area contributed by atoms with Crippen LogP contribution in [0.3, 0.4) is 0 Å². The van der Waals surface area contributed by atoms with Crippen molar-refractivity contribution in [2.24, 2.45) is 0 Å². The van der Waals surface area contributed by atoms with Gasteiger partial charge in [-0.05, 0) is 83.8 Å². The van der Waals surface area contributed by atoms with Gasteiger partial charge in [-0.25, -0.2) is 0 Å². The molecule has 2 saturated heterocycles. The first kappa shape index (κ1) is 28.2. The second kappa shape index (κ2) is 11.5. The molecule has 0 aromatic heterocycles. The minimum Gasteiger partial charge on any atom is -0.301 e. The topological polar surface area (TPSA) is 48.1 Å². The second-order valence-electron chi connectivity index (χ2n) is 12.5. The Labute approximate surface area is 223 Å². The third-order valence-electron chi connectivity index (χ3n) is 7.69. The van der Waals surface area contributed by atoms with Crippen LogP contribution < -0.4 is 21.3 Å². The molecule has 2 aromatic carbocycles. The quantitative estimate of drug-likeness (QED) is 0.358. The zero-order valence-corrected chi connectivity index (χ0v) is 25.3. The van der Waals surface area contributed by atoms with Gasteiger partial charge in [0.05, 0.1) is 17.5 Å². The van der Waals surface area contributed by atoms with Gasteiger partial charge in [0, 0.05) is 0 Å². The molecule has 2 aliphatic rings. The molecule has 2 heterocycles. The Hall–Kier alpha value is -0.860. The first-order valence-electron chi connectivity index (χ1n) is 13.7. The molecular formula is C30H48N4P2. The van der Waals surface area contributed by atoms with E-state index in [4.69, 9.17) is 0 Å². The van der Waals surface area contributed by atoms with Gasteiger partial charge in [0.2, 0.25) is 0 Å². The third kappa shape index (κ3) is 6.23. The van der Waals surface area contributed by atoms with E-state index in [1.54, 1.807) is 0 Å². The molecule has 4 N–H and O–H groups in total. The number of hydrogen-bond acceptors (Lipinski definition) is 4. The highest BCUT2D eigenvalue weighted by Crippen LogP contribution is 2.62. The summed E-state index contributed by atoms with van der Waals surface area (Å²) >= 11 is 0. The van der Waals surface area contributed by atoms with E-state index < -0.39 is 0 Å². The van der Waals surface area contributed by atoms with Crippen LogP contribution in [-0.4, -0.2) is 48.8 Å². The standard InChI is InChI=1S/C30H48N4P2/c1-28(2,3)36(29(4,5)6)21-24-15-14-23(22-12-8-7-9-13-22)20-25(24)30(35,26-31-16-10-17-32-26)27-33-18-11-19-34-27/h7-9,12-15,20,26-27,31-34H,10-11,16-19,21,35H2,1-6H3. The lowest BCUT2D eigenvalue weighted by atomic mass is 9.84. The summed E-state index contributed by atoms with van der Waals surface area (Å²) in [6.45, 7) is 18.8. The smallest absolute Gasteiger partial charge is 0.0735 e. The van der Waals surface area contributed by atoms with E-state index in [-0.39, 0.29) is 35.7 Å². The molecule has 2 aromatic rings. The van der Waals surface area contributed by atoms with Gasteiger partial charge in [0.1, 0.15) is 0 Å². The molecule has 1 unspecified atom stereocenters. The lowest BCUT2D eigenvalue weighted by molar-refractivity contribution is 0.206. The summed E-state index contributed by atoms with van der Waals surface area (Å²) in [5.74, 6) is 0. The lowest BCUT2D eigenvalue weighted by Gasteiger charge is -2.49. The van der Waals surface area contributed by atoms with Crippen molar-refractivity contribution in [2.45, 2.75) is 88.3 Å². The minimum absolute atomic E-state index is 0.166. The second-order valence-corrected chi connectivity index (χ2v) is 17.3. The van der Waals surface area contributed by atoms with E-state index in [9.17, 15) is 0 Å². The normalized spacial score (nSPS) is 19.1. The van der Waals surface area contributed by atoms with Crippen molar-refractivity contribution in [1.82, 2.24) is 21.3 Å². The average Bonchev–Trinajstić information content (AvgIpc) is 2.87. The minimum atomic E-state index is -0.272. The monoisotopic (exact) mass is 526 g/mol. The number of rotatable bonds is 6. The van der Waals surface area contributed by atoms with E-state index in [2.05, 4.69) is 121 Å². The van der Waals surface area contributed by atoms with Crippen LogP contribution >= 0.6 is 17.2 Å². The highest BCUT2D eigenvalue weighted by molar-refractivity contribution is 7.60. The van der Waals surface area contributed by atoms with Gasteiger partial charge < -0.3 is 21.3 Å². The maximum absolute atomic E-state index is 3.85. The molecule has 0 amide bonds. The highest BCUT2D eigenvalue weighted by atomic mass is 31.1. The van der Waals surface area contributed by atoms with Crippen LogP contribution in [0.15, 0.2) is 48.5 Å². The van der Waals surface area contributed by atoms with Gasteiger partial charge in [-0.15, -0.1) is 9.24 Å². The Morgan fingerprint density at radius 1 is 0.722 bits per heavy atom. The third-order valence-corrected chi connectivity index (χ3v) is 12.6. The van der Waals surface area contributed by atoms with Crippen molar-refractivity contribution in [3.05, 3.63) is 59.7 Å². The van der Waals surface area contributed by atoms with Crippen molar-refractivity contribution in [1.29, 1.82) is 0 Å². The van der Waals surface area contributed by atoms with Crippen LogP contribution in [0, 0.1) is 0 Å². The molecule has 0 bridgehead atoms. The fourth-order valence-electron chi connectivity index (χ4n) is 6.04. The van der Waals surface area contributed by atoms with Crippen molar-refractivity contribution in [3.8, 4) is 11.1 Å². The maximum atomic E-state index is 3.85. The Morgan fingerprint density at radius 3 is 1.69 bits per heavy atom. The zero-order valence-electron chi connectivity index (χ0n) is 23.2. The van der Waals surface area contributed by atoms with Crippen LogP contribution in [-0.2, 0) is 11.3 Å². The molecule has 2 fully saturated rings. The van der Waals surface area contributed by atoms with Gasteiger partial charge in [-0.1, -0.05) is 91.9 Å². The van der Waals surface area contributed by atoms with Crippen molar-refractivity contribution in [2.75, 3.05) is 26.2 Å². The Bertz CT molecular complexity index is 952. The highest BCUT2D eigenvalue weighted by Gasteiger charge is 2.46. The van der Waals surface area contributed by atoms with Crippen LogP contribution in [0.5, 0.6) is 0 Å². The fraction of sp³-hybridized carbons (Fsp3) is 0.600. The molecule has 0 aliphatic carbocycles. The predicted octanol–water partition coefficient (Wildman–Crippen LogP) is 5.82. The van der Waals surface area contributed by atoms with Crippen molar-refractivity contribution >= 4 is 17.2 Å². The lowest BCUT2D eigenvalue weighted by Crippen LogP contribution is -2.69. The summed E-state index contributed by atoms with van der Waals surface area (Å²) in [5.41, 5.74) is 5.50. The van der Waals surface area contributed by atoms with Crippen molar-refractivity contribution < 1.29 is 0 Å². The number of benzene rings is 2. The molecule has 198 valence electrons. The molecule has 0 spiro atoms. The molecule has 0 radical (unpaired) electrons. The van der Waals surface area contributed by atoms with E-state index in [1.165, 1.54) is 35.1 Å². The summed E-state index contributed by atoms with van der Waals surface area (Å²) in [6, 6.07) is 18.1. The van der Waals surface area contributed by atoms with Crippen LogP contribution in [0.2, 0.25) is 0 Å². The molecule has 4 nitrogen and oxygen atoms in total. The van der Waals surface area contributed by atoms with Gasteiger partial charge >= 0.3 is 0 Å². The largest absolute Gasteiger partial charge is 0.301 e. The van der Waals surface area contributed by atoms with Gasteiger partial charge in [0.25, 0.3) is 0 Å². The maximum Gasteiger partial charge on any atom is 0.0735 e. The van der Waals surface area contributed by atoms with Crippen LogP contribution in [0.4, 0.5) is 0 Å². The van der Waals surface area contributed by atoms with E-state index in [1.807, 2.05) is 0 Å². The molecule has 2 aliphatic heterocycles. The molecule has 6 heteroatoms. The molecular weight excluding hydrogens is 478 g/mol. The summed E-state index contributed by atoms with van der Waals surface area (Å²) in [7, 11) is 3.07. The summed E-state index contributed by atoms with van der Waals surface area (Å²) < 4.78 is 0. The van der Waals surface area contributed by atoms with Crippen LogP contribution in [0.25, 0.3) is 11.1 Å². The summed E-state index contributed by atoms with van der Waals surface area (Å²) in [5, 5.41) is 15.7. The molecule has 0 saturated carbocycles. The Kier molecular flexibility index (Phi) is 8.98. The number of hydrogen-bond donors (Lipinski definition) is 4. The van der Waals surface area contributed by atoms with Gasteiger partial charge in [0.15, 0.2) is 0 Å². The zero-order chi connectivity index (χ0) is 26.0. The first-order chi connectivity index (χ1) is 17.0. The molecule has 4 rings (SSSR count). The summed E-state index contributed by atoms with van der Waals surface area (Å²) in [4.78, 5) is 0. The average molecular weight is 527 g/mol. The fourth-order valence-corrected chi connectivity index (χ4v) is 10.4. The van der Waals surface area contributed by atoms with Gasteiger partial charge in [-0.3, -0.25) is 0 Å². The number of nitrogens with one attached hydrogen (secondary N) is 4. The SMILES string of the molecule is CC(C)(C)P(Cc1ccc(-c2ccccc2)cc1C(P)(C1NCCCN1)C1NCCCN1)C(C)(C)C. The summed E-state index contributed by atoms with van der Waals surface area (Å²) in [6.07, 6.45) is 3.79. The van der Waals surface area contributed by atoms with E-state index >= 15 is 0 Å². The van der Waals surface area contributed by atoms with E-state index in [0.717, 1.165) is 32.3 Å². The predicted molar refractivity (Wildman–Crippen MR) is 162 cm³/mol. The molecule has 1 atom stereocenters. The van der Waals surface area contributed by atoms with Crippen molar-refractivity contribution in [3.63, 3.8) is 0 Å². The Morgan fingerprint density at radius 2 is 1.22 bits per heavy atom. The van der Waals surface area contributed by atoms with Gasteiger partial charge in [-0.2, -0.15) is 0 Å². The van der Waals surface area contributed by atoms with Crippen LogP contribution in [0.1, 0.15) is 65.5 Å². The molecule has 36 heavy (non-hydrogen) atoms. The Balaban J connectivity index is 1.88.